The van der Waals surface area contributed by atoms with Crippen molar-refractivity contribution in [3.8, 4) is 0 Å². The molecule has 0 saturated carbocycles. The average Bonchev–Trinajstić information content (AvgIpc) is 2.78. The van der Waals surface area contributed by atoms with E-state index in [0.717, 1.165) is 35.6 Å². The Morgan fingerprint density at radius 1 is 1.50 bits per heavy atom. The van der Waals surface area contributed by atoms with Gasteiger partial charge < -0.3 is 10.1 Å². The molecule has 122 valence electrons. The second-order valence-corrected chi connectivity index (χ2v) is 7.88. The van der Waals surface area contributed by atoms with Gasteiger partial charge in [-0.25, -0.2) is 4.79 Å². The Morgan fingerprint density at radius 2 is 2.23 bits per heavy atom. The van der Waals surface area contributed by atoms with Crippen molar-refractivity contribution in [2.45, 2.75) is 45.4 Å². The minimum atomic E-state index is -0.460. The third-order valence-corrected chi connectivity index (χ3v) is 4.60. The van der Waals surface area contributed by atoms with Gasteiger partial charge in [0.1, 0.15) is 5.60 Å². The molecule has 1 amide bonds. The van der Waals surface area contributed by atoms with Crippen molar-refractivity contribution in [2.24, 2.45) is 0 Å². The number of halogens is 2. The summed E-state index contributed by atoms with van der Waals surface area (Å²) in [5.74, 6) is 0. The number of hydrogen-bond acceptors (Lipinski definition) is 3. The fourth-order valence-electron chi connectivity index (χ4n) is 2.46. The molecule has 0 unspecified atom stereocenters. The molecule has 0 spiro atoms. The molecule has 6 heteroatoms. The minimum absolute atomic E-state index is 0.144. The van der Waals surface area contributed by atoms with Gasteiger partial charge in [0.05, 0.1) is 5.02 Å². The van der Waals surface area contributed by atoms with Crippen molar-refractivity contribution in [3.05, 3.63) is 33.3 Å². The van der Waals surface area contributed by atoms with Gasteiger partial charge in [0.25, 0.3) is 0 Å². The average molecular weight is 390 g/mol. The van der Waals surface area contributed by atoms with Crippen LogP contribution in [0.25, 0.3) is 0 Å². The molecule has 1 N–H and O–H groups in total. The van der Waals surface area contributed by atoms with E-state index in [1.165, 1.54) is 5.56 Å². The summed E-state index contributed by atoms with van der Waals surface area (Å²) in [4.78, 5) is 14.1. The summed E-state index contributed by atoms with van der Waals surface area (Å²) in [6.45, 7) is 8.24. The Balaban J connectivity index is 1.82. The molecule has 1 aromatic rings. The molecule has 1 saturated heterocycles. The van der Waals surface area contributed by atoms with Crippen molar-refractivity contribution >= 4 is 33.6 Å². The molecular weight excluding hydrogens is 368 g/mol. The Labute approximate surface area is 145 Å². The minimum Gasteiger partial charge on any atom is -0.444 e. The van der Waals surface area contributed by atoms with Gasteiger partial charge in [-0.2, -0.15) is 0 Å². The largest absolute Gasteiger partial charge is 0.444 e. The van der Waals surface area contributed by atoms with Crippen LogP contribution in [0.3, 0.4) is 0 Å². The number of rotatable bonds is 3. The monoisotopic (exact) mass is 388 g/mol. The molecule has 0 aliphatic carbocycles. The van der Waals surface area contributed by atoms with Gasteiger partial charge in [0.2, 0.25) is 0 Å². The first-order valence-electron chi connectivity index (χ1n) is 7.39. The zero-order valence-electron chi connectivity index (χ0n) is 13.2. The second-order valence-electron chi connectivity index (χ2n) is 6.62. The van der Waals surface area contributed by atoms with E-state index in [1.807, 2.05) is 39.0 Å². The molecule has 2 rings (SSSR count). The maximum Gasteiger partial charge on any atom is 0.407 e. The van der Waals surface area contributed by atoms with Crippen LogP contribution in [0.5, 0.6) is 0 Å². The number of likely N-dealkylation sites (tertiary alicyclic amines) is 1. The predicted molar refractivity (Wildman–Crippen MR) is 92.2 cm³/mol. The zero-order chi connectivity index (χ0) is 16.3. The summed E-state index contributed by atoms with van der Waals surface area (Å²) in [5, 5.41) is 3.66. The van der Waals surface area contributed by atoms with Crippen LogP contribution in [0.15, 0.2) is 22.7 Å². The van der Waals surface area contributed by atoms with Gasteiger partial charge >= 0.3 is 6.09 Å². The number of nitrogens with one attached hydrogen (secondary N) is 1. The third-order valence-electron chi connectivity index (χ3n) is 3.38. The fourth-order valence-corrected chi connectivity index (χ4v) is 3.01. The lowest BCUT2D eigenvalue weighted by atomic mass is 10.2. The standard InChI is InChI=1S/C16H22BrClN2O2/c1-16(2,3)22-15(21)19-12-6-7-20(10-12)9-11-4-5-14(18)13(17)8-11/h4-5,8,12H,6-7,9-10H2,1-3H3,(H,19,21)/t12-/m0/s1. The number of nitrogens with zero attached hydrogens (tertiary/aromatic N) is 1. The number of carbonyl (C=O) groups is 1. The van der Waals surface area contributed by atoms with E-state index in [-0.39, 0.29) is 12.1 Å². The number of hydrogen-bond donors (Lipinski definition) is 1. The van der Waals surface area contributed by atoms with Crippen LogP contribution in [-0.2, 0) is 11.3 Å². The van der Waals surface area contributed by atoms with E-state index in [2.05, 4.69) is 26.1 Å². The molecule has 1 aliphatic heterocycles. The van der Waals surface area contributed by atoms with E-state index in [9.17, 15) is 4.79 Å². The molecule has 1 aromatic carbocycles. The number of amides is 1. The first kappa shape index (κ1) is 17.6. The molecule has 1 fully saturated rings. The number of alkyl carbamates (subject to hydrolysis) is 1. The quantitative estimate of drug-likeness (QED) is 0.842. The van der Waals surface area contributed by atoms with Crippen LogP contribution in [0.4, 0.5) is 4.79 Å². The molecule has 0 bridgehead atoms. The number of carbonyl (C=O) groups excluding carboxylic acids is 1. The number of benzene rings is 1. The van der Waals surface area contributed by atoms with Crippen molar-refractivity contribution in [2.75, 3.05) is 13.1 Å². The summed E-state index contributed by atoms with van der Waals surface area (Å²) in [7, 11) is 0. The first-order chi connectivity index (χ1) is 10.2. The Hall–Kier alpha value is -0.780. The Morgan fingerprint density at radius 3 is 2.86 bits per heavy atom. The first-order valence-corrected chi connectivity index (χ1v) is 8.56. The van der Waals surface area contributed by atoms with Crippen molar-refractivity contribution in [1.82, 2.24) is 10.2 Å². The number of ether oxygens (including phenoxy) is 1. The molecule has 0 radical (unpaired) electrons. The van der Waals surface area contributed by atoms with Gasteiger partial charge in [-0.05, 0) is 60.8 Å². The molecule has 1 atom stereocenters. The highest BCUT2D eigenvalue weighted by Gasteiger charge is 2.26. The van der Waals surface area contributed by atoms with Crippen molar-refractivity contribution in [1.29, 1.82) is 0 Å². The van der Waals surface area contributed by atoms with Crippen molar-refractivity contribution in [3.63, 3.8) is 0 Å². The summed E-state index contributed by atoms with van der Waals surface area (Å²) in [6.07, 6.45) is 0.599. The van der Waals surface area contributed by atoms with Crippen LogP contribution in [0.1, 0.15) is 32.8 Å². The highest BCUT2D eigenvalue weighted by Crippen LogP contribution is 2.24. The maximum atomic E-state index is 11.8. The van der Waals surface area contributed by atoms with E-state index < -0.39 is 5.60 Å². The lowest BCUT2D eigenvalue weighted by Crippen LogP contribution is -2.40. The second kappa shape index (κ2) is 7.20. The van der Waals surface area contributed by atoms with E-state index in [4.69, 9.17) is 16.3 Å². The molecule has 0 aromatic heterocycles. The van der Waals surface area contributed by atoms with Gasteiger partial charge in [0.15, 0.2) is 0 Å². The SMILES string of the molecule is CC(C)(C)OC(=O)N[C@H]1CCN(Cc2ccc(Cl)c(Br)c2)C1. The summed E-state index contributed by atoms with van der Waals surface area (Å²) >= 11 is 9.45. The van der Waals surface area contributed by atoms with E-state index in [1.54, 1.807) is 0 Å². The van der Waals surface area contributed by atoms with Crippen LogP contribution in [0.2, 0.25) is 5.02 Å². The summed E-state index contributed by atoms with van der Waals surface area (Å²) < 4.78 is 6.20. The van der Waals surface area contributed by atoms with Crippen LogP contribution in [-0.4, -0.2) is 35.7 Å². The Bertz CT molecular complexity index is 545. The molecule has 22 heavy (non-hydrogen) atoms. The van der Waals surface area contributed by atoms with Crippen LogP contribution >= 0.6 is 27.5 Å². The lowest BCUT2D eigenvalue weighted by Gasteiger charge is -2.22. The molecule has 1 aliphatic rings. The Kier molecular flexibility index (Phi) is 5.75. The molecule has 4 nitrogen and oxygen atoms in total. The summed E-state index contributed by atoms with van der Waals surface area (Å²) in [5.41, 5.74) is 0.743. The third kappa shape index (κ3) is 5.45. The zero-order valence-corrected chi connectivity index (χ0v) is 15.5. The molecule has 1 heterocycles. The smallest absolute Gasteiger partial charge is 0.407 e. The van der Waals surface area contributed by atoms with Gasteiger partial charge in [-0.15, -0.1) is 0 Å². The maximum absolute atomic E-state index is 11.8. The normalized spacial score (nSPS) is 19.2. The van der Waals surface area contributed by atoms with Gasteiger partial charge in [0, 0.05) is 30.1 Å². The highest BCUT2D eigenvalue weighted by molar-refractivity contribution is 9.10. The van der Waals surface area contributed by atoms with Crippen molar-refractivity contribution < 1.29 is 9.53 Å². The van der Waals surface area contributed by atoms with E-state index in [0.29, 0.717) is 0 Å². The van der Waals surface area contributed by atoms with E-state index >= 15 is 0 Å². The predicted octanol–water partition coefficient (Wildman–Crippen LogP) is 4.20. The van der Waals surface area contributed by atoms with Gasteiger partial charge in [-0.3, -0.25) is 4.90 Å². The lowest BCUT2D eigenvalue weighted by molar-refractivity contribution is 0.0506. The summed E-state index contributed by atoms with van der Waals surface area (Å²) in [6, 6.07) is 6.11. The van der Waals surface area contributed by atoms with Gasteiger partial charge in [-0.1, -0.05) is 17.7 Å². The molecular formula is C16H22BrClN2O2. The van der Waals surface area contributed by atoms with Crippen LogP contribution in [0, 0.1) is 0 Å². The highest BCUT2D eigenvalue weighted by atomic mass is 79.9. The fraction of sp³-hybridized carbons (Fsp3) is 0.562. The topological polar surface area (TPSA) is 41.6 Å². The van der Waals surface area contributed by atoms with Crippen LogP contribution < -0.4 is 5.32 Å².